The minimum atomic E-state index is -4.96. The number of hydrogen-bond donors (Lipinski definition) is 0. The van der Waals surface area contributed by atoms with Crippen LogP contribution >= 0.6 is 11.8 Å². The van der Waals surface area contributed by atoms with Gasteiger partial charge in [-0.2, -0.15) is 13.2 Å². The summed E-state index contributed by atoms with van der Waals surface area (Å²) in [6, 6.07) is 1.49. The Morgan fingerprint density at radius 3 is 2.53 bits per heavy atom. The lowest BCUT2D eigenvalue weighted by Crippen LogP contribution is -2.13. The molecule has 0 aliphatic rings. The van der Waals surface area contributed by atoms with Gasteiger partial charge in [-0.25, -0.2) is 4.39 Å². The number of halogens is 4. The molecule has 3 nitrogen and oxygen atoms in total. The lowest BCUT2D eigenvalue weighted by atomic mass is 10.1. The zero-order valence-corrected chi connectivity index (χ0v) is 10.4. The molecule has 0 fully saturated rings. The number of aldehydes is 1. The molecule has 104 valence electrons. The van der Waals surface area contributed by atoms with Crippen molar-refractivity contribution in [3.63, 3.8) is 0 Å². The quantitative estimate of drug-likeness (QED) is 0.371. The third-order valence-corrected chi connectivity index (χ3v) is 3.22. The number of hydrogen-bond acceptors (Lipinski definition) is 4. The fourth-order valence-electron chi connectivity index (χ4n) is 1.28. The first-order valence-corrected chi connectivity index (χ1v) is 5.84. The summed E-state index contributed by atoms with van der Waals surface area (Å²) in [4.78, 5) is 21.0. The molecular formula is C11H8F4O3S. The summed E-state index contributed by atoms with van der Waals surface area (Å²) in [5, 5.41) is 0. The van der Waals surface area contributed by atoms with Crippen LogP contribution in [0, 0.1) is 5.82 Å². The van der Waals surface area contributed by atoms with E-state index in [9.17, 15) is 27.2 Å². The van der Waals surface area contributed by atoms with Crippen molar-refractivity contribution in [1.82, 2.24) is 0 Å². The van der Waals surface area contributed by atoms with Gasteiger partial charge in [-0.05, 0) is 12.1 Å². The van der Waals surface area contributed by atoms with Crippen molar-refractivity contribution in [1.29, 1.82) is 0 Å². The number of alkyl halides is 3. The molecule has 0 N–H and O–H groups in total. The molecule has 1 rings (SSSR count). The Morgan fingerprint density at radius 2 is 2.05 bits per heavy atom. The van der Waals surface area contributed by atoms with E-state index in [1.807, 2.05) is 0 Å². The maximum absolute atomic E-state index is 13.3. The Bertz CT molecular complexity index is 499. The highest BCUT2D eigenvalue weighted by Gasteiger charge is 2.38. The molecule has 0 radical (unpaired) electrons. The monoisotopic (exact) mass is 296 g/mol. The lowest BCUT2D eigenvalue weighted by molar-refractivity contribution is -0.142. The van der Waals surface area contributed by atoms with Crippen molar-refractivity contribution in [3.05, 3.63) is 29.1 Å². The maximum atomic E-state index is 13.3. The van der Waals surface area contributed by atoms with Crippen molar-refractivity contribution in [2.75, 3.05) is 12.9 Å². The molecule has 0 bridgehead atoms. The van der Waals surface area contributed by atoms with Gasteiger partial charge in [0, 0.05) is 10.5 Å². The second-order valence-corrected chi connectivity index (χ2v) is 4.31. The van der Waals surface area contributed by atoms with E-state index >= 15 is 0 Å². The first-order chi connectivity index (χ1) is 8.81. The third-order valence-electron chi connectivity index (χ3n) is 2.11. The Hall–Kier alpha value is -1.57. The number of ether oxygens (including phenoxy) is 1. The first kappa shape index (κ1) is 15.5. The summed E-state index contributed by atoms with van der Waals surface area (Å²) >= 11 is 0.406. The van der Waals surface area contributed by atoms with Gasteiger partial charge in [0.05, 0.1) is 12.9 Å². The van der Waals surface area contributed by atoms with Gasteiger partial charge < -0.3 is 4.74 Å². The third kappa shape index (κ3) is 3.69. The van der Waals surface area contributed by atoms with E-state index in [1.165, 1.54) is 0 Å². The summed E-state index contributed by atoms with van der Waals surface area (Å²) in [7, 11) is 1.07. The van der Waals surface area contributed by atoms with Gasteiger partial charge in [0.25, 0.3) is 0 Å². The molecule has 19 heavy (non-hydrogen) atoms. The Morgan fingerprint density at radius 1 is 1.42 bits per heavy atom. The van der Waals surface area contributed by atoms with E-state index in [0.29, 0.717) is 17.8 Å². The van der Waals surface area contributed by atoms with Crippen molar-refractivity contribution in [2.45, 2.75) is 11.1 Å². The van der Waals surface area contributed by atoms with Gasteiger partial charge in [-0.3, -0.25) is 9.59 Å². The number of benzene rings is 1. The zero-order chi connectivity index (χ0) is 14.6. The van der Waals surface area contributed by atoms with Gasteiger partial charge in [0.2, 0.25) is 0 Å². The number of carbonyl (C=O) groups is 2. The van der Waals surface area contributed by atoms with Crippen LogP contribution in [0.5, 0.6) is 0 Å². The largest absolute Gasteiger partial charge is 0.468 e. The van der Waals surface area contributed by atoms with Crippen LogP contribution in [0.1, 0.15) is 15.9 Å². The minimum absolute atomic E-state index is 0.175. The van der Waals surface area contributed by atoms with E-state index in [0.717, 1.165) is 13.2 Å². The molecule has 0 amide bonds. The highest BCUT2D eigenvalue weighted by Crippen LogP contribution is 2.40. The fourth-order valence-corrected chi connectivity index (χ4v) is 2.30. The van der Waals surface area contributed by atoms with Gasteiger partial charge in [0.1, 0.15) is 11.4 Å². The average Bonchev–Trinajstić information content (AvgIpc) is 2.34. The number of thioether (sulfide) groups is 1. The molecule has 0 saturated carbocycles. The molecular weight excluding hydrogens is 288 g/mol. The summed E-state index contributed by atoms with van der Waals surface area (Å²) in [6.45, 7) is 0. The Kier molecular flexibility index (Phi) is 4.93. The molecule has 0 atom stereocenters. The molecule has 1 aromatic carbocycles. The van der Waals surface area contributed by atoms with Gasteiger partial charge in [-0.15, -0.1) is 11.8 Å². The highest BCUT2D eigenvalue weighted by molar-refractivity contribution is 8.00. The smallest absolute Gasteiger partial charge is 0.420 e. The predicted octanol–water partition coefficient (Wildman–Crippen LogP) is 2.92. The molecule has 8 heteroatoms. The molecule has 0 unspecified atom stereocenters. The second kappa shape index (κ2) is 6.05. The average molecular weight is 296 g/mol. The van der Waals surface area contributed by atoms with Crippen LogP contribution in [0.25, 0.3) is 0 Å². The molecule has 0 heterocycles. The van der Waals surface area contributed by atoms with Crippen LogP contribution in [-0.4, -0.2) is 25.1 Å². The molecule has 1 aromatic rings. The van der Waals surface area contributed by atoms with Gasteiger partial charge in [0.15, 0.2) is 6.29 Å². The lowest BCUT2D eigenvalue weighted by Gasteiger charge is -2.14. The Balaban J connectivity index is 3.28. The number of methoxy groups -OCH3 is 1. The number of carbonyl (C=O) groups excluding carboxylic acids is 2. The number of rotatable bonds is 4. The summed E-state index contributed by atoms with van der Waals surface area (Å²) < 4.78 is 55.8. The normalized spacial score (nSPS) is 11.2. The van der Waals surface area contributed by atoms with Crippen LogP contribution in [0.2, 0.25) is 0 Å². The van der Waals surface area contributed by atoms with E-state index in [4.69, 9.17) is 0 Å². The van der Waals surface area contributed by atoms with Crippen LogP contribution in [0.3, 0.4) is 0 Å². The molecule has 0 aromatic heterocycles. The van der Waals surface area contributed by atoms with E-state index in [-0.39, 0.29) is 11.8 Å². The Labute approximate surface area is 109 Å². The predicted molar refractivity (Wildman–Crippen MR) is 59.5 cm³/mol. The van der Waals surface area contributed by atoms with Crippen molar-refractivity contribution in [3.8, 4) is 0 Å². The van der Waals surface area contributed by atoms with Crippen LogP contribution in [0.15, 0.2) is 17.0 Å². The molecule has 0 spiro atoms. The van der Waals surface area contributed by atoms with Crippen molar-refractivity contribution >= 4 is 24.0 Å². The highest BCUT2D eigenvalue weighted by atomic mass is 32.2. The number of esters is 1. The van der Waals surface area contributed by atoms with Gasteiger partial charge >= 0.3 is 12.1 Å². The molecule has 0 aliphatic heterocycles. The van der Waals surface area contributed by atoms with Crippen molar-refractivity contribution in [2.24, 2.45) is 0 Å². The molecule has 0 aliphatic carbocycles. The summed E-state index contributed by atoms with van der Waals surface area (Å²) in [5.41, 5.74) is -1.88. The fraction of sp³-hybridized carbons (Fsp3) is 0.273. The summed E-state index contributed by atoms with van der Waals surface area (Å²) in [6.07, 6.45) is -4.78. The van der Waals surface area contributed by atoms with E-state index in [2.05, 4.69) is 4.74 Å². The maximum Gasteiger partial charge on any atom is 0.420 e. The molecule has 0 saturated heterocycles. The van der Waals surface area contributed by atoms with Gasteiger partial charge in [-0.1, -0.05) is 0 Å². The van der Waals surface area contributed by atoms with Crippen LogP contribution in [0.4, 0.5) is 17.6 Å². The topological polar surface area (TPSA) is 43.4 Å². The first-order valence-electron chi connectivity index (χ1n) is 4.85. The zero-order valence-electron chi connectivity index (χ0n) is 9.58. The SMILES string of the molecule is COC(=O)CSc1c(C=O)ccc(F)c1C(F)(F)F. The summed E-state index contributed by atoms with van der Waals surface area (Å²) in [5.74, 6) is -2.73. The van der Waals surface area contributed by atoms with E-state index < -0.39 is 34.2 Å². The second-order valence-electron chi connectivity index (χ2n) is 3.32. The minimum Gasteiger partial charge on any atom is -0.468 e. The van der Waals surface area contributed by atoms with Crippen molar-refractivity contribution < 1.29 is 31.9 Å². The van der Waals surface area contributed by atoms with Crippen LogP contribution < -0.4 is 0 Å². The van der Waals surface area contributed by atoms with E-state index in [1.54, 1.807) is 0 Å². The standard InChI is InChI=1S/C11H8F4O3S/c1-18-8(17)5-19-10-6(4-16)2-3-7(12)9(10)11(13,14)15/h2-4H,5H2,1H3. The van der Waals surface area contributed by atoms with Crippen LogP contribution in [-0.2, 0) is 15.7 Å².